The molecule has 6 nitrogen and oxygen atoms in total. The lowest BCUT2D eigenvalue weighted by atomic mass is 10.00. The summed E-state index contributed by atoms with van der Waals surface area (Å²) in [5.41, 5.74) is 0. The minimum absolute atomic E-state index is 0.364. The average molecular weight is 694 g/mol. The van der Waals surface area contributed by atoms with Crippen LogP contribution in [0.1, 0.15) is 213 Å². The van der Waals surface area contributed by atoms with Crippen LogP contribution in [0.15, 0.2) is 24.3 Å². The van der Waals surface area contributed by atoms with E-state index in [0.29, 0.717) is 19.3 Å². The number of hydrogen-bond donors (Lipinski definition) is 5. The maximum atomic E-state index is 12.5. The van der Waals surface area contributed by atoms with Gasteiger partial charge in [0.1, 0.15) is 12.2 Å². The van der Waals surface area contributed by atoms with Crippen LogP contribution in [0.4, 0.5) is 0 Å². The van der Waals surface area contributed by atoms with Gasteiger partial charge >= 0.3 is 0 Å². The van der Waals surface area contributed by atoms with E-state index in [4.69, 9.17) is 0 Å². The molecule has 1 amide bonds. The van der Waals surface area contributed by atoms with Gasteiger partial charge in [-0.2, -0.15) is 0 Å². The molecule has 0 saturated heterocycles. The Kier molecular flexibility index (Phi) is 37.1. The first kappa shape index (κ1) is 47.8. The predicted molar refractivity (Wildman–Crippen MR) is 210 cm³/mol. The number of carbonyl (C=O) groups is 1. The summed E-state index contributed by atoms with van der Waals surface area (Å²) >= 11 is 0. The second kappa shape index (κ2) is 38.0. The number of rotatable bonds is 38. The van der Waals surface area contributed by atoms with Gasteiger partial charge in [-0.25, -0.2) is 0 Å². The molecule has 0 aliphatic rings. The van der Waals surface area contributed by atoms with Gasteiger partial charge in [-0.3, -0.25) is 4.79 Å². The highest BCUT2D eigenvalue weighted by atomic mass is 16.3. The van der Waals surface area contributed by atoms with E-state index in [9.17, 15) is 25.2 Å². The Morgan fingerprint density at radius 3 is 1.29 bits per heavy atom. The van der Waals surface area contributed by atoms with Gasteiger partial charge in [0.15, 0.2) is 0 Å². The maximum Gasteiger partial charge on any atom is 0.249 e. The summed E-state index contributed by atoms with van der Waals surface area (Å²) in [4.78, 5) is 12.5. The van der Waals surface area contributed by atoms with Crippen LogP contribution in [-0.4, -0.2) is 57.3 Å². The minimum atomic E-state index is -1.28. The Labute approximate surface area is 304 Å². The number of aliphatic hydroxyl groups excluding tert-OH is 4. The molecule has 4 unspecified atom stereocenters. The van der Waals surface area contributed by atoms with Gasteiger partial charge < -0.3 is 25.7 Å². The van der Waals surface area contributed by atoms with Gasteiger partial charge in [-0.05, 0) is 51.4 Å². The zero-order chi connectivity index (χ0) is 36.0. The van der Waals surface area contributed by atoms with Crippen molar-refractivity contribution in [2.45, 2.75) is 237 Å². The molecule has 290 valence electrons. The van der Waals surface area contributed by atoms with Gasteiger partial charge in [-0.1, -0.05) is 186 Å². The number of hydrogen-bond acceptors (Lipinski definition) is 5. The molecule has 0 aromatic carbocycles. The third-order valence-electron chi connectivity index (χ3n) is 9.89. The van der Waals surface area contributed by atoms with E-state index in [-0.39, 0.29) is 0 Å². The van der Waals surface area contributed by atoms with Crippen molar-refractivity contribution in [3.05, 3.63) is 24.3 Å². The third kappa shape index (κ3) is 32.4. The fourth-order valence-corrected chi connectivity index (χ4v) is 6.48. The Morgan fingerprint density at radius 2 is 0.857 bits per heavy atom. The number of nitrogens with one attached hydrogen (secondary N) is 1. The van der Waals surface area contributed by atoms with Crippen LogP contribution in [0.5, 0.6) is 0 Å². The fourth-order valence-electron chi connectivity index (χ4n) is 6.48. The van der Waals surface area contributed by atoms with E-state index in [1.807, 2.05) is 0 Å². The molecule has 0 saturated carbocycles. The molecule has 0 aromatic heterocycles. The normalized spacial score (nSPS) is 14.5. The first-order chi connectivity index (χ1) is 24.0. The third-order valence-corrected chi connectivity index (χ3v) is 9.89. The molecule has 0 fully saturated rings. The fraction of sp³-hybridized carbons (Fsp3) is 0.884. The minimum Gasteiger partial charge on any atom is -0.394 e. The topological polar surface area (TPSA) is 110 Å². The van der Waals surface area contributed by atoms with E-state index in [0.717, 1.165) is 44.9 Å². The molecular formula is C43H83NO5. The second-order valence-electron chi connectivity index (χ2n) is 14.7. The lowest BCUT2D eigenvalue weighted by molar-refractivity contribution is -0.132. The first-order valence-corrected chi connectivity index (χ1v) is 21.2. The maximum absolute atomic E-state index is 12.5. The Hall–Kier alpha value is -1.21. The van der Waals surface area contributed by atoms with Crippen LogP contribution in [0, 0.1) is 0 Å². The van der Waals surface area contributed by atoms with Gasteiger partial charge in [0.25, 0.3) is 0 Å². The quantitative estimate of drug-likeness (QED) is 0.0327. The highest BCUT2D eigenvalue weighted by Gasteiger charge is 2.28. The Morgan fingerprint density at radius 1 is 0.490 bits per heavy atom. The smallest absolute Gasteiger partial charge is 0.249 e. The summed E-state index contributed by atoms with van der Waals surface area (Å²) in [6.07, 6.45) is 42.1. The van der Waals surface area contributed by atoms with Crippen LogP contribution in [-0.2, 0) is 4.79 Å². The lowest BCUT2D eigenvalue weighted by Gasteiger charge is -2.27. The predicted octanol–water partition coefficient (Wildman–Crippen LogP) is 10.8. The molecule has 4 atom stereocenters. The summed E-state index contributed by atoms with van der Waals surface area (Å²) in [5.74, 6) is -0.596. The van der Waals surface area contributed by atoms with E-state index in [1.165, 1.54) is 135 Å². The molecule has 0 bridgehead atoms. The van der Waals surface area contributed by atoms with Gasteiger partial charge in [0.2, 0.25) is 5.91 Å². The largest absolute Gasteiger partial charge is 0.394 e. The SMILES string of the molecule is CCCCC/C=C/CC/C=C/CCCC(O)C(O)C(CO)NC(=O)C(O)CCCCCCCCCCCCCCCCCCCCCCC. The van der Waals surface area contributed by atoms with Gasteiger partial charge in [0.05, 0.1) is 18.8 Å². The van der Waals surface area contributed by atoms with Crippen LogP contribution < -0.4 is 5.32 Å². The van der Waals surface area contributed by atoms with Crippen molar-refractivity contribution in [2.75, 3.05) is 6.61 Å². The molecule has 49 heavy (non-hydrogen) atoms. The lowest BCUT2D eigenvalue weighted by Crippen LogP contribution is -2.53. The average Bonchev–Trinajstić information content (AvgIpc) is 3.11. The monoisotopic (exact) mass is 694 g/mol. The van der Waals surface area contributed by atoms with Crippen molar-refractivity contribution in [1.29, 1.82) is 0 Å². The zero-order valence-electron chi connectivity index (χ0n) is 32.4. The van der Waals surface area contributed by atoms with Crippen molar-refractivity contribution < 1.29 is 25.2 Å². The standard InChI is InChI=1S/C43H83NO5/c1-3-5-7-9-11-13-15-17-18-19-20-21-22-23-24-25-27-29-31-33-35-37-41(47)43(49)44-39(38-45)42(48)40(46)36-34-32-30-28-26-16-14-12-10-8-6-4-2/h12,14,28,30,39-42,45-48H,3-11,13,15-27,29,31-38H2,1-2H3,(H,44,49)/b14-12+,30-28+. The molecule has 6 heteroatoms. The molecule has 0 rings (SSSR count). The number of allylic oxidation sites excluding steroid dienone is 4. The highest BCUT2D eigenvalue weighted by Crippen LogP contribution is 2.16. The van der Waals surface area contributed by atoms with Gasteiger partial charge in [0, 0.05) is 0 Å². The summed E-state index contributed by atoms with van der Waals surface area (Å²) in [6.45, 7) is 4.00. The highest BCUT2D eigenvalue weighted by molar-refractivity contribution is 5.80. The summed E-state index contributed by atoms with van der Waals surface area (Å²) in [5, 5.41) is 43.5. The van der Waals surface area contributed by atoms with Gasteiger partial charge in [-0.15, -0.1) is 0 Å². The molecule has 0 aromatic rings. The van der Waals surface area contributed by atoms with Crippen molar-refractivity contribution in [3.8, 4) is 0 Å². The van der Waals surface area contributed by atoms with Crippen LogP contribution >= 0.6 is 0 Å². The molecule has 0 radical (unpaired) electrons. The number of aliphatic hydroxyl groups is 4. The molecular weight excluding hydrogens is 610 g/mol. The zero-order valence-corrected chi connectivity index (χ0v) is 32.4. The van der Waals surface area contributed by atoms with E-state index < -0.39 is 36.9 Å². The van der Waals surface area contributed by atoms with E-state index in [1.54, 1.807) is 0 Å². The summed E-state index contributed by atoms with van der Waals surface area (Å²) < 4.78 is 0. The molecule has 0 heterocycles. The summed E-state index contributed by atoms with van der Waals surface area (Å²) in [6, 6.07) is -1.00. The van der Waals surface area contributed by atoms with E-state index >= 15 is 0 Å². The van der Waals surface area contributed by atoms with Crippen LogP contribution in [0.3, 0.4) is 0 Å². The van der Waals surface area contributed by atoms with Crippen LogP contribution in [0.25, 0.3) is 0 Å². The van der Waals surface area contributed by atoms with E-state index in [2.05, 4.69) is 43.5 Å². The van der Waals surface area contributed by atoms with Crippen molar-refractivity contribution in [2.24, 2.45) is 0 Å². The molecule has 0 aliphatic heterocycles. The van der Waals surface area contributed by atoms with Crippen molar-refractivity contribution in [1.82, 2.24) is 5.32 Å². The van der Waals surface area contributed by atoms with Crippen LogP contribution in [0.2, 0.25) is 0 Å². The Balaban J connectivity index is 3.73. The summed E-state index contributed by atoms with van der Waals surface area (Å²) in [7, 11) is 0. The number of unbranched alkanes of at least 4 members (excludes halogenated alkanes) is 25. The number of amides is 1. The molecule has 5 N–H and O–H groups in total. The molecule has 0 aliphatic carbocycles. The number of carbonyl (C=O) groups excluding carboxylic acids is 1. The second-order valence-corrected chi connectivity index (χ2v) is 14.7. The van der Waals surface area contributed by atoms with Crippen molar-refractivity contribution in [3.63, 3.8) is 0 Å². The Bertz CT molecular complexity index is 742. The van der Waals surface area contributed by atoms with Crippen molar-refractivity contribution >= 4 is 5.91 Å². The first-order valence-electron chi connectivity index (χ1n) is 21.2. The molecule has 0 spiro atoms.